The Labute approximate surface area is 215 Å². The summed E-state index contributed by atoms with van der Waals surface area (Å²) in [4.78, 5) is 40.7. The van der Waals surface area contributed by atoms with Crippen LogP contribution in [0.15, 0.2) is 4.79 Å². The van der Waals surface area contributed by atoms with Crippen molar-refractivity contribution in [1.29, 1.82) is 0 Å². The third-order valence-electron chi connectivity index (χ3n) is 7.60. The quantitative estimate of drug-likeness (QED) is 0.630. The molecule has 0 radical (unpaired) electrons. The molecule has 36 heavy (non-hydrogen) atoms. The van der Waals surface area contributed by atoms with Crippen molar-refractivity contribution < 1.29 is 4.79 Å². The highest BCUT2D eigenvalue weighted by molar-refractivity contribution is 5.79. The molecule has 1 N–H and O–H groups in total. The largest absolute Gasteiger partial charge is 0.341 e. The van der Waals surface area contributed by atoms with Gasteiger partial charge < -0.3 is 9.80 Å². The molecule has 0 atom stereocenters. The molecular formula is C27H45N7O2. The molecule has 1 saturated heterocycles. The topological polar surface area (TPSA) is 90.4 Å². The van der Waals surface area contributed by atoms with Crippen molar-refractivity contribution in [3.05, 3.63) is 16.0 Å². The number of carbonyl (C=O) groups excluding carboxylic acids is 1. The fourth-order valence-corrected chi connectivity index (χ4v) is 5.61. The Morgan fingerprint density at radius 1 is 1.11 bits per heavy atom. The SMILES string of the molecule is CC(C)CN(CCN1CCN(C(=O)C2CCCCC2)CC1)c1nc2c(C(C)(C)C)nn(C)c2c(=O)[nH]1. The predicted octanol–water partition coefficient (Wildman–Crippen LogP) is 3.14. The molecule has 1 aliphatic carbocycles. The molecular weight excluding hydrogens is 454 g/mol. The maximum Gasteiger partial charge on any atom is 0.278 e. The average Bonchev–Trinajstić information content (AvgIpc) is 3.19. The number of aryl methyl sites for hydroxylation is 1. The molecule has 1 aliphatic heterocycles. The molecule has 0 aromatic carbocycles. The number of amides is 1. The van der Waals surface area contributed by atoms with Gasteiger partial charge in [-0.2, -0.15) is 5.10 Å². The van der Waals surface area contributed by atoms with Gasteiger partial charge in [-0.3, -0.25) is 24.2 Å². The van der Waals surface area contributed by atoms with Crippen molar-refractivity contribution in [1.82, 2.24) is 29.5 Å². The number of piperazine rings is 1. The van der Waals surface area contributed by atoms with Crippen molar-refractivity contribution >= 4 is 22.9 Å². The molecule has 1 saturated carbocycles. The first-order chi connectivity index (χ1) is 17.0. The van der Waals surface area contributed by atoms with Crippen LogP contribution in [0.2, 0.25) is 0 Å². The summed E-state index contributed by atoms with van der Waals surface area (Å²) in [7, 11) is 1.80. The Balaban J connectivity index is 1.44. The first-order valence-corrected chi connectivity index (χ1v) is 13.8. The molecule has 9 heteroatoms. The van der Waals surface area contributed by atoms with E-state index in [2.05, 4.69) is 59.4 Å². The lowest BCUT2D eigenvalue weighted by Crippen LogP contribution is -2.52. The summed E-state index contributed by atoms with van der Waals surface area (Å²) in [6.45, 7) is 16.5. The second-order valence-electron chi connectivity index (χ2n) is 12.2. The number of anilines is 1. The standard InChI is InChI=1S/C27H45N7O2/c1-19(2)18-34(26-28-21-22(24(35)29-26)31(6)30-23(21)27(3,4)5)17-14-32-12-15-33(16-13-32)25(36)20-10-8-7-9-11-20/h19-20H,7-18H2,1-6H3,(H,28,29,35). The molecule has 2 aromatic rings. The van der Waals surface area contributed by atoms with Gasteiger partial charge in [-0.15, -0.1) is 0 Å². The van der Waals surface area contributed by atoms with Gasteiger partial charge in [-0.25, -0.2) is 4.98 Å². The van der Waals surface area contributed by atoms with Gasteiger partial charge in [0.25, 0.3) is 5.56 Å². The van der Waals surface area contributed by atoms with Gasteiger partial charge >= 0.3 is 0 Å². The number of fused-ring (bicyclic) bond motifs is 1. The third-order valence-corrected chi connectivity index (χ3v) is 7.60. The van der Waals surface area contributed by atoms with E-state index >= 15 is 0 Å². The number of nitrogens with one attached hydrogen (secondary N) is 1. The number of carbonyl (C=O) groups is 1. The van der Waals surface area contributed by atoms with E-state index in [0.29, 0.717) is 28.8 Å². The summed E-state index contributed by atoms with van der Waals surface area (Å²) in [5.74, 6) is 1.66. The molecule has 9 nitrogen and oxygen atoms in total. The molecule has 2 aliphatic rings. The first-order valence-electron chi connectivity index (χ1n) is 13.8. The number of hydrogen-bond donors (Lipinski definition) is 1. The second-order valence-corrected chi connectivity index (χ2v) is 12.2. The molecule has 2 aromatic heterocycles. The minimum absolute atomic E-state index is 0.149. The number of nitrogens with zero attached hydrogens (tertiary/aromatic N) is 6. The van der Waals surface area contributed by atoms with Crippen molar-refractivity contribution in [3.63, 3.8) is 0 Å². The summed E-state index contributed by atoms with van der Waals surface area (Å²) in [5.41, 5.74) is 1.69. The van der Waals surface area contributed by atoms with E-state index in [1.54, 1.807) is 11.7 Å². The summed E-state index contributed by atoms with van der Waals surface area (Å²) in [5, 5.41) is 4.63. The number of H-pyrrole nitrogens is 1. The minimum Gasteiger partial charge on any atom is -0.341 e. The monoisotopic (exact) mass is 499 g/mol. The maximum atomic E-state index is 13.1. The van der Waals surface area contributed by atoms with Crippen LogP contribution >= 0.6 is 0 Å². The fraction of sp³-hybridized carbons (Fsp3) is 0.778. The van der Waals surface area contributed by atoms with E-state index < -0.39 is 0 Å². The van der Waals surface area contributed by atoms with E-state index in [-0.39, 0.29) is 16.9 Å². The van der Waals surface area contributed by atoms with Gasteiger partial charge in [-0.1, -0.05) is 53.9 Å². The number of rotatable bonds is 7. The van der Waals surface area contributed by atoms with Crippen LogP contribution in [0.4, 0.5) is 5.95 Å². The van der Waals surface area contributed by atoms with Crippen LogP contribution in [0.25, 0.3) is 11.0 Å². The van der Waals surface area contributed by atoms with Crippen LogP contribution < -0.4 is 10.5 Å². The van der Waals surface area contributed by atoms with Crippen LogP contribution in [-0.2, 0) is 17.3 Å². The van der Waals surface area contributed by atoms with Gasteiger partial charge in [0.05, 0.1) is 5.69 Å². The van der Waals surface area contributed by atoms with Crippen molar-refractivity contribution in [3.8, 4) is 0 Å². The van der Waals surface area contributed by atoms with Crippen LogP contribution in [0, 0.1) is 11.8 Å². The Hall–Kier alpha value is -2.42. The van der Waals surface area contributed by atoms with Crippen LogP contribution in [0.3, 0.4) is 0 Å². The van der Waals surface area contributed by atoms with Crippen LogP contribution in [0.5, 0.6) is 0 Å². The Morgan fingerprint density at radius 2 is 1.78 bits per heavy atom. The number of aromatic amines is 1. The van der Waals surface area contributed by atoms with Crippen molar-refractivity contribution in [2.75, 3.05) is 50.7 Å². The predicted molar refractivity (Wildman–Crippen MR) is 144 cm³/mol. The zero-order valence-corrected chi connectivity index (χ0v) is 23.1. The molecule has 1 amide bonds. The van der Waals surface area contributed by atoms with Crippen molar-refractivity contribution in [2.24, 2.45) is 18.9 Å². The molecule has 0 bridgehead atoms. The maximum absolute atomic E-state index is 13.1. The second kappa shape index (κ2) is 10.9. The van der Waals surface area contributed by atoms with Gasteiger partial charge in [-0.05, 0) is 18.8 Å². The zero-order valence-electron chi connectivity index (χ0n) is 23.1. The van der Waals surface area contributed by atoms with E-state index in [1.165, 1.54) is 19.3 Å². The number of aromatic nitrogens is 4. The van der Waals surface area contributed by atoms with Gasteiger partial charge in [0.15, 0.2) is 5.52 Å². The highest BCUT2D eigenvalue weighted by Crippen LogP contribution is 2.28. The fourth-order valence-electron chi connectivity index (χ4n) is 5.61. The Kier molecular flexibility index (Phi) is 8.07. The smallest absolute Gasteiger partial charge is 0.278 e. The lowest BCUT2D eigenvalue weighted by atomic mass is 9.88. The van der Waals surface area contributed by atoms with Gasteiger partial charge in [0.1, 0.15) is 5.52 Å². The van der Waals surface area contributed by atoms with Crippen molar-refractivity contribution in [2.45, 2.75) is 72.1 Å². The average molecular weight is 500 g/mol. The molecule has 0 spiro atoms. The summed E-state index contributed by atoms with van der Waals surface area (Å²) >= 11 is 0. The van der Waals surface area contributed by atoms with Crippen LogP contribution in [0.1, 0.15) is 72.4 Å². The Bertz CT molecular complexity index is 1100. The molecule has 200 valence electrons. The van der Waals surface area contributed by atoms with Gasteiger partial charge in [0.2, 0.25) is 11.9 Å². The lowest BCUT2D eigenvalue weighted by Gasteiger charge is -2.38. The number of hydrogen-bond acceptors (Lipinski definition) is 6. The molecule has 0 unspecified atom stereocenters. The van der Waals surface area contributed by atoms with E-state index in [4.69, 9.17) is 4.98 Å². The zero-order chi connectivity index (χ0) is 26.0. The third kappa shape index (κ3) is 5.93. The Morgan fingerprint density at radius 3 is 2.39 bits per heavy atom. The highest BCUT2D eigenvalue weighted by Gasteiger charge is 2.29. The summed E-state index contributed by atoms with van der Waals surface area (Å²) < 4.78 is 1.65. The summed E-state index contributed by atoms with van der Waals surface area (Å²) in [6, 6.07) is 0. The minimum atomic E-state index is -0.213. The highest BCUT2D eigenvalue weighted by atomic mass is 16.2. The summed E-state index contributed by atoms with van der Waals surface area (Å²) in [6.07, 6.45) is 5.79. The molecule has 2 fully saturated rings. The van der Waals surface area contributed by atoms with E-state index in [9.17, 15) is 9.59 Å². The van der Waals surface area contributed by atoms with Gasteiger partial charge in [0, 0.05) is 64.2 Å². The molecule has 3 heterocycles. The van der Waals surface area contributed by atoms with E-state index in [0.717, 1.165) is 64.3 Å². The lowest BCUT2D eigenvalue weighted by molar-refractivity contribution is -0.138. The van der Waals surface area contributed by atoms with Crippen LogP contribution in [-0.4, -0.2) is 81.3 Å². The molecule has 4 rings (SSSR count). The van der Waals surface area contributed by atoms with E-state index in [1.807, 2.05) is 0 Å². The normalized spacial score (nSPS) is 18.4. The first kappa shape index (κ1) is 26.6.